The zero-order valence-corrected chi connectivity index (χ0v) is 17.2. The van der Waals surface area contributed by atoms with E-state index in [-0.39, 0.29) is 11.8 Å². The Morgan fingerprint density at radius 1 is 1.17 bits per heavy atom. The van der Waals surface area contributed by atoms with E-state index in [1.807, 2.05) is 55.6 Å². The zero-order valence-electron chi connectivity index (χ0n) is 16.4. The van der Waals surface area contributed by atoms with Gasteiger partial charge in [-0.3, -0.25) is 4.99 Å². The van der Waals surface area contributed by atoms with Crippen LogP contribution in [0.25, 0.3) is 22.4 Å². The monoisotopic (exact) mass is 407 g/mol. The number of hydrogen-bond donors (Lipinski definition) is 1. The van der Waals surface area contributed by atoms with E-state index < -0.39 is 0 Å². The highest BCUT2D eigenvalue weighted by Crippen LogP contribution is 2.28. The molecule has 2 aromatic carbocycles. The first-order chi connectivity index (χ1) is 14.0. The van der Waals surface area contributed by atoms with Gasteiger partial charge in [0.25, 0.3) is 0 Å². The van der Waals surface area contributed by atoms with Gasteiger partial charge >= 0.3 is 0 Å². The maximum Gasteiger partial charge on any atom is 0.206 e. The third-order valence-corrected chi connectivity index (χ3v) is 5.09. The molecule has 0 bridgehead atoms. The molecule has 0 amide bonds. The highest BCUT2D eigenvalue weighted by Gasteiger charge is 2.13. The molecule has 148 valence electrons. The fourth-order valence-electron chi connectivity index (χ4n) is 2.91. The molecule has 0 aliphatic rings. The Kier molecular flexibility index (Phi) is 5.22. The molecule has 1 N–H and O–H groups in total. The summed E-state index contributed by atoms with van der Waals surface area (Å²) in [7, 11) is 1.52. The molecule has 0 aliphatic carbocycles. The van der Waals surface area contributed by atoms with Crippen molar-refractivity contribution in [2.45, 2.75) is 19.9 Å². The van der Waals surface area contributed by atoms with E-state index in [1.165, 1.54) is 18.4 Å². The quantitative estimate of drug-likeness (QED) is 0.480. The second-order valence-electron chi connectivity index (χ2n) is 6.76. The van der Waals surface area contributed by atoms with Crippen molar-refractivity contribution in [2.24, 2.45) is 10.1 Å². The number of fused-ring (bicyclic) bond motifs is 1. The third kappa shape index (κ3) is 3.95. The van der Waals surface area contributed by atoms with Gasteiger partial charge in [0.1, 0.15) is 11.3 Å². The van der Waals surface area contributed by atoms with Crippen molar-refractivity contribution < 1.29 is 14.3 Å². The number of furan rings is 1. The summed E-state index contributed by atoms with van der Waals surface area (Å²) < 4.78 is 12.9. The number of nitrogens with zero attached hydrogens (tertiary/aromatic N) is 3. The molecule has 4 rings (SSSR count). The van der Waals surface area contributed by atoms with E-state index in [4.69, 9.17) is 9.15 Å². The predicted octanol–water partition coefficient (Wildman–Crippen LogP) is 4.87. The van der Waals surface area contributed by atoms with Crippen molar-refractivity contribution >= 4 is 28.5 Å². The zero-order chi connectivity index (χ0) is 20.4. The lowest BCUT2D eigenvalue weighted by Crippen LogP contribution is -2.14. The van der Waals surface area contributed by atoms with E-state index in [9.17, 15) is 5.11 Å². The normalized spacial score (nSPS) is 12.5. The van der Waals surface area contributed by atoms with Crippen molar-refractivity contribution in [3.05, 3.63) is 64.3 Å². The van der Waals surface area contributed by atoms with Gasteiger partial charge in [0.05, 0.1) is 13.3 Å². The summed E-state index contributed by atoms with van der Waals surface area (Å²) in [6, 6.07) is 15.2. The van der Waals surface area contributed by atoms with Crippen LogP contribution in [0.2, 0.25) is 0 Å². The summed E-state index contributed by atoms with van der Waals surface area (Å²) in [5.74, 6) is 1.21. The van der Waals surface area contributed by atoms with Crippen LogP contribution >= 0.6 is 11.3 Å². The molecule has 0 fully saturated rings. The lowest BCUT2D eigenvalue weighted by atomic mass is 10.2. The Labute approximate surface area is 172 Å². The van der Waals surface area contributed by atoms with Crippen molar-refractivity contribution in [2.75, 3.05) is 7.11 Å². The number of ether oxygens (including phenoxy) is 1. The highest BCUT2D eigenvalue weighted by molar-refractivity contribution is 7.07. The maximum absolute atomic E-state index is 10.0. The molecule has 0 saturated heterocycles. The summed E-state index contributed by atoms with van der Waals surface area (Å²) in [4.78, 5) is 5.44. The number of rotatable bonds is 5. The molecule has 0 atom stereocenters. The molecule has 4 aromatic rings. The topological polar surface area (TPSA) is 72.2 Å². The number of thiazole rings is 1. The molecule has 0 unspecified atom stereocenters. The van der Waals surface area contributed by atoms with Crippen LogP contribution in [0.15, 0.2) is 68.4 Å². The van der Waals surface area contributed by atoms with E-state index >= 15 is 0 Å². The van der Waals surface area contributed by atoms with Gasteiger partial charge in [0.15, 0.2) is 17.3 Å². The number of aromatic nitrogens is 1. The number of phenols is 1. The van der Waals surface area contributed by atoms with Gasteiger partial charge in [-0.25, -0.2) is 4.68 Å². The van der Waals surface area contributed by atoms with Gasteiger partial charge in [-0.15, -0.1) is 11.3 Å². The molecule has 0 saturated carbocycles. The molecule has 2 aromatic heterocycles. The van der Waals surface area contributed by atoms with Gasteiger partial charge in [-0.05, 0) is 49.7 Å². The number of hydrogen-bond acceptors (Lipinski definition) is 6. The first-order valence-electron chi connectivity index (χ1n) is 9.20. The van der Waals surface area contributed by atoms with Crippen LogP contribution in [0, 0.1) is 0 Å². The second kappa shape index (κ2) is 7.97. The molecular weight excluding hydrogens is 386 g/mol. The molecule has 6 nitrogen and oxygen atoms in total. The second-order valence-corrected chi connectivity index (χ2v) is 7.60. The van der Waals surface area contributed by atoms with Gasteiger partial charge in [0, 0.05) is 16.8 Å². The Hall–Kier alpha value is -3.32. The van der Waals surface area contributed by atoms with Crippen LogP contribution in [0.1, 0.15) is 19.4 Å². The van der Waals surface area contributed by atoms with E-state index in [2.05, 4.69) is 10.1 Å². The van der Waals surface area contributed by atoms with Crippen LogP contribution in [-0.4, -0.2) is 29.1 Å². The Bertz CT molecular complexity index is 1210. The summed E-state index contributed by atoms with van der Waals surface area (Å²) in [5, 5.41) is 17.7. The predicted molar refractivity (Wildman–Crippen MR) is 116 cm³/mol. The fraction of sp³-hybridized carbons (Fsp3) is 0.182. The SMILES string of the molecule is COc1ccc(C=Nn2c(-c3cc4ccccc4o3)csc2=NC(C)C)cc1O. The molecule has 0 spiro atoms. The van der Waals surface area contributed by atoms with Gasteiger partial charge in [0.2, 0.25) is 4.80 Å². The highest BCUT2D eigenvalue weighted by atomic mass is 32.1. The largest absolute Gasteiger partial charge is 0.504 e. The van der Waals surface area contributed by atoms with Crippen LogP contribution in [0.4, 0.5) is 0 Å². The number of aromatic hydroxyl groups is 1. The van der Waals surface area contributed by atoms with Gasteiger partial charge in [-0.2, -0.15) is 5.10 Å². The minimum atomic E-state index is 0.0661. The summed E-state index contributed by atoms with van der Waals surface area (Å²) in [5.41, 5.74) is 2.39. The number of methoxy groups -OCH3 is 1. The molecule has 0 radical (unpaired) electrons. The maximum atomic E-state index is 10.0. The average molecular weight is 407 g/mol. The Morgan fingerprint density at radius 2 is 2.00 bits per heavy atom. The standard InChI is InChI=1S/C22H21N3O3S/c1-14(2)24-22-25(23-12-15-8-9-20(27-3)18(26)10-15)17(13-29-22)21-11-16-6-4-5-7-19(16)28-21/h4-14,26H,1-3H3. The smallest absolute Gasteiger partial charge is 0.206 e. The number of benzene rings is 2. The van der Waals surface area contributed by atoms with Gasteiger partial charge in [-0.1, -0.05) is 18.2 Å². The van der Waals surface area contributed by atoms with E-state index in [0.29, 0.717) is 5.75 Å². The Morgan fingerprint density at radius 3 is 2.72 bits per heavy atom. The summed E-state index contributed by atoms with van der Waals surface area (Å²) in [6.45, 7) is 4.05. The summed E-state index contributed by atoms with van der Waals surface area (Å²) in [6.07, 6.45) is 1.68. The lowest BCUT2D eigenvalue weighted by Gasteiger charge is -2.04. The summed E-state index contributed by atoms with van der Waals surface area (Å²) >= 11 is 1.51. The molecular formula is C22H21N3O3S. The first kappa shape index (κ1) is 19.0. The van der Waals surface area contributed by atoms with Gasteiger partial charge < -0.3 is 14.3 Å². The van der Waals surface area contributed by atoms with E-state index in [1.54, 1.807) is 23.0 Å². The number of para-hydroxylation sites is 1. The molecule has 29 heavy (non-hydrogen) atoms. The van der Waals surface area contributed by atoms with Crippen LogP contribution in [0.3, 0.4) is 0 Å². The molecule has 0 aliphatic heterocycles. The van der Waals surface area contributed by atoms with Crippen molar-refractivity contribution in [3.8, 4) is 23.0 Å². The van der Waals surface area contributed by atoms with Crippen LogP contribution in [-0.2, 0) is 0 Å². The van der Waals surface area contributed by atoms with Crippen molar-refractivity contribution in [1.82, 2.24) is 4.68 Å². The molecule has 2 heterocycles. The lowest BCUT2D eigenvalue weighted by molar-refractivity contribution is 0.373. The average Bonchev–Trinajstić information content (AvgIpc) is 3.29. The van der Waals surface area contributed by atoms with Crippen LogP contribution in [0.5, 0.6) is 11.5 Å². The van der Waals surface area contributed by atoms with E-state index in [0.717, 1.165) is 32.8 Å². The first-order valence-corrected chi connectivity index (χ1v) is 10.1. The van der Waals surface area contributed by atoms with Crippen molar-refractivity contribution in [3.63, 3.8) is 0 Å². The molecule has 7 heteroatoms. The van der Waals surface area contributed by atoms with Crippen LogP contribution < -0.4 is 9.54 Å². The fourth-order valence-corrected chi connectivity index (χ4v) is 3.86. The van der Waals surface area contributed by atoms with Crippen molar-refractivity contribution in [1.29, 1.82) is 0 Å². The minimum absolute atomic E-state index is 0.0661. The minimum Gasteiger partial charge on any atom is -0.504 e. The third-order valence-electron chi connectivity index (χ3n) is 4.26. The number of phenolic OH excluding ortho intramolecular Hbond substituents is 1. The Balaban J connectivity index is 1.80.